The van der Waals surface area contributed by atoms with Crippen LogP contribution in [0.1, 0.15) is 51.3 Å². The van der Waals surface area contributed by atoms with Crippen LogP contribution in [0.4, 0.5) is 0 Å². The molecule has 1 aromatic rings. The smallest absolute Gasteiger partial charge is 0.0518 e. The van der Waals surface area contributed by atoms with Crippen molar-refractivity contribution in [2.24, 2.45) is 5.92 Å². The maximum atomic E-state index is 3.98. The highest BCUT2D eigenvalue weighted by Crippen LogP contribution is 2.28. The highest BCUT2D eigenvalue weighted by molar-refractivity contribution is 5.03. The zero-order valence-corrected chi connectivity index (χ0v) is 9.66. The minimum Gasteiger partial charge on any atom is -0.306 e. The van der Waals surface area contributed by atoms with Gasteiger partial charge in [-0.15, -0.1) is 0 Å². The molecule has 2 rings (SSSR count). The van der Waals surface area contributed by atoms with Crippen LogP contribution < -0.4 is 5.32 Å². The van der Waals surface area contributed by atoms with E-state index >= 15 is 0 Å². The van der Waals surface area contributed by atoms with Gasteiger partial charge in [-0.3, -0.25) is 5.10 Å². The summed E-state index contributed by atoms with van der Waals surface area (Å²) < 4.78 is 0. The summed E-state index contributed by atoms with van der Waals surface area (Å²) in [6, 6.07) is 3.04. The van der Waals surface area contributed by atoms with Crippen molar-refractivity contribution in [3.63, 3.8) is 0 Å². The van der Waals surface area contributed by atoms with Gasteiger partial charge in [0.05, 0.1) is 5.69 Å². The minimum absolute atomic E-state index is 0.378. The van der Waals surface area contributed by atoms with Crippen molar-refractivity contribution >= 4 is 0 Å². The second kappa shape index (κ2) is 4.79. The summed E-state index contributed by atoms with van der Waals surface area (Å²) in [5.74, 6) is 0.871. The maximum absolute atomic E-state index is 3.98. The molecule has 1 aromatic heterocycles. The van der Waals surface area contributed by atoms with E-state index in [9.17, 15) is 0 Å². The normalized spacial score (nSPS) is 21.7. The topological polar surface area (TPSA) is 40.7 Å². The first kappa shape index (κ1) is 10.7. The Labute approximate surface area is 91.7 Å². The average Bonchev–Trinajstić information content (AvgIpc) is 2.91. The first-order valence-electron chi connectivity index (χ1n) is 6.02. The third-order valence-corrected chi connectivity index (χ3v) is 3.61. The maximum Gasteiger partial charge on any atom is 0.0518 e. The number of aromatic amines is 1. The van der Waals surface area contributed by atoms with Gasteiger partial charge in [0, 0.05) is 18.3 Å². The molecule has 0 radical (unpaired) electrons. The van der Waals surface area contributed by atoms with Gasteiger partial charge in [0.2, 0.25) is 0 Å². The molecule has 1 heterocycles. The second-order valence-corrected chi connectivity index (χ2v) is 4.73. The summed E-state index contributed by atoms with van der Waals surface area (Å²) in [6.07, 6.45) is 7.42. The number of aromatic nitrogens is 2. The molecule has 1 aliphatic carbocycles. The predicted octanol–water partition coefficient (Wildman–Crippen LogP) is 2.64. The van der Waals surface area contributed by atoms with E-state index in [-0.39, 0.29) is 0 Å². The van der Waals surface area contributed by atoms with Crippen molar-refractivity contribution in [3.05, 3.63) is 18.0 Å². The van der Waals surface area contributed by atoms with Gasteiger partial charge in [-0.2, -0.15) is 5.10 Å². The second-order valence-electron chi connectivity index (χ2n) is 4.73. The third kappa shape index (κ3) is 2.59. The van der Waals surface area contributed by atoms with E-state index in [2.05, 4.69) is 29.4 Å². The number of rotatable bonds is 4. The summed E-state index contributed by atoms with van der Waals surface area (Å²) >= 11 is 0. The van der Waals surface area contributed by atoms with Crippen LogP contribution in [0.3, 0.4) is 0 Å². The Bertz CT molecular complexity index is 275. The van der Waals surface area contributed by atoms with E-state index in [1.807, 2.05) is 12.3 Å². The van der Waals surface area contributed by atoms with Crippen molar-refractivity contribution in [3.8, 4) is 0 Å². The zero-order chi connectivity index (χ0) is 10.7. The number of hydrogen-bond acceptors (Lipinski definition) is 2. The average molecular weight is 207 g/mol. The van der Waals surface area contributed by atoms with E-state index in [1.165, 1.54) is 31.4 Å². The molecule has 1 saturated carbocycles. The molecule has 15 heavy (non-hydrogen) atoms. The van der Waals surface area contributed by atoms with E-state index < -0.39 is 0 Å². The van der Waals surface area contributed by atoms with Crippen molar-refractivity contribution in [2.45, 2.75) is 51.6 Å². The van der Waals surface area contributed by atoms with E-state index in [0.717, 1.165) is 5.92 Å². The molecule has 0 bridgehead atoms. The van der Waals surface area contributed by atoms with Gasteiger partial charge >= 0.3 is 0 Å². The lowest BCUT2D eigenvalue weighted by Crippen LogP contribution is -2.34. The largest absolute Gasteiger partial charge is 0.306 e. The molecule has 3 heteroatoms. The molecular weight excluding hydrogens is 186 g/mol. The van der Waals surface area contributed by atoms with Crippen LogP contribution in [0.2, 0.25) is 0 Å². The highest BCUT2D eigenvalue weighted by atomic mass is 15.1. The van der Waals surface area contributed by atoms with E-state index in [4.69, 9.17) is 0 Å². The Morgan fingerprint density at radius 1 is 1.40 bits per heavy atom. The molecule has 0 saturated heterocycles. The van der Waals surface area contributed by atoms with Gasteiger partial charge in [0.15, 0.2) is 0 Å². The lowest BCUT2D eigenvalue weighted by Gasteiger charge is -2.24. The molecule has 1 unspecified atom stereocenters. The van der Waals surface area contributed by atoms with Crippen LogP contribution in [0.15, 0.2) is 12.3 Å². The minimum atomic E-state index is 0.378. The van der Waals surface area contributed by atoms with Crippen molar-refractivity contribution < 1.29 is 0 Å². The first-order chi connectivity index (χ1) is 7.27. The number of H-pyrrole nitrogens is 1. The van der Waals surface area contributed by atoms with Crippen LogP contribution in [-0.4, -0.2) is 16.2 Å². The molecule has 1 fully saturated rings. The first-order valence-corrected chi connectivity index (χ1v) is 6.02. The molecule has 2 N–H and O–H groups in total. The summed E-state index contributed by atoms with van der Waals surface area (Å²) in [5.41, 5.74) is 1.18. The van der Waals surface area contributed by atoms with Crippen molar-refractivity contribution in [1.29, 1.82) is 0 Å². The molecular formula is C12H21N3. The standard InChI is InChI=1S/C12H21N3/c1-9(11-5-3-4-6-11)14-10(2)12-7-8-13-15-12/h7-11,14H,3-6H2,1-2H3,(H,13,15)/t9-,10?/m1/s1. The fourth-order valence-electron chi connectivity index (χ4n) is 2.59. The summed E-state index contributed by atoms with van der Waals surface area (Å²) in [7, 11) is 0. The summed E-state index contributed by atoms with van der Waals surface area (Å²) in [4.78, 5) is 0. The van der Waals surface area contributed by atoms with Gasteiger partial charge in [-0.25, -0.2) is 0 Å². The monoisotopic (exact) mass is 207 g/mol. The van der Waals surface area contributed by atoms with Crippen LogP contribution in [0.25, 0.3) is 0 Å². The lowest BCUT2D eigenvalue weighted by atomic mass is 9.99. The van der Waals surface area contributed by atoms with Crippen molar-refractivity contribution in [2.75, 3.05) is 0 Å². The van der Waals surface area contributed by atoms with Crippen LogP contribution in [-0.2, 0) is 0 Å². The van der Waals surface area contributed by atoms with Crippen LogP contribution >= 0.6 is 0 Å². The highest BCUT2D eigenvalue weighted by Gasteiger charge is 2.22. The lowest BCUT2D eigenvalue weighted by molar-refractivity contribution is 0.350. The number of nitrogens with one attached hydrogen (secondary N) is 2. The van der Waals surface area contributed by atoms with Crippen LogP contribution in [0.5, 0.6) is 0 Å². The Morgan fingerprint density at radius 3 is 2.73 bits per heavy atom. The Kier molecular flexibility index (Phi) is 3.41. The zero-order valence-electron chi connectivity index (χ0n) is 9.66. The van der Waals surface area contributed by atoms with Crippen molar-refractivity contribution in [1.82, 2.24) is 15.5 Å². The molecule has 0 aliphatic heterocycles. The Balaban J connectivity index is 1.85. The molecule has 84 valence electrons. The number of nitrogens with zero attached hydrogens (tertiary/aromatic N) is 1. The van der Waals surface area contributed by atoms with Gasteiger partial charge in [-0.05, 0) is 38.7 Å². The van der Waals surface area contributed by atoms with E-state index in [1.54, 1.807) is 0 Å². The molecule has 0 amide bonds. The third-order valence-electron chi connectivity index (χ3n) is 3.61. The summed E-state index contributed by atoms with van der Waals surface area (Å²) in [6.45, 7) is 4.50. The molecule has 0 aromatic carbocycles. The van der Waals surface area contributed by atoms with E-state index in [0.29, 0.717) is 12.1 Å². The molecule has 1 aliphatic rings. The molecule has 2 atom stereocenters. The Hall–Kier alpha value is -0.830. The Morgan fingerprint density at radius 2 is 2.13 bits per heavy atom. The fourth-order valence-corrected chi connectivity index (χ4v) is 2.59. The summed E-state index contributed by atoms with van der Waals surface area (Å²) in [5, 5.41) is 10.7. The number of hydrogen-bond donors (Lipinski definition) is 2. The molecule has 3 nitrogen and oxygen atoms in total. The van der Waals surface area contributed by atoms with Gasteiger partial charge in [0.25, 0.3) is 0 Å². The van der Waals surface area contributed by atoms with Gasteiger partial charge in [-0.1, -0.05) is 12.8 Å². The molecule has 0 spiro atoms. The predicted molar refractivity (Wildman–Crippen MR) is 61.6 cm³/mol. The van der Waals surface area contributed by atoms with Gasteiger partial charge < -0.3 is 5.32 Å². The van der Waals surface area contributed by atoms with Gasteiger partial charge in [0.1, 0.15) is 0 Å². The quantitative estimate of drug-likeness (QED) is 0.797. The van der Waals surface area contributed by atoms with Crippen LogP contribution in [0, 0.1) is 5.92 Å². The fraction of sp³-hybridized carbons (Fsp3) is 0.750. The SMILES string of the molecule is CC(N[C@H](C)C1CCCC1)c1ccn[nH]1.